The zero-order valence-electron chi connectivity index (χ0n) is 13.7. The number of halogens is 1. The Morgan fingerprint density at radius 2 is 1.92 bits per heavy atom. The van der Waals surface area contributed by atoms with Crippen molar-refractivity contribution in [1.82, 2.24) is 10.6 Å². The summed E-state index contributed by atoms with van der Waals surface area (Å²) in [5, 5.41) is 16.6. The fourth-order valence-corrected chi connectivity index (χ4v) is 3.48. The molecule has 3 atom stereocenters. The summed E-state index contributed by atoms with van der Waals surface area (Å²) in [6, 6.07) is 5.74. The molecule has 1 heterocycles. The van der Waals surface area contributed by atoms with Gasteiger partial charge in [-0.15, -0.1) is 0 Å². The lowest BCUT2D eigenvalue weighted by molar-refractivity contribution is 0.0394. The topological polar surface area (TPSA) is 70.6 Å². The van der Waals surface area contributed by atoms with Crippen LogP contribution in [0.1, 0.15) is 42.5 Å². The molecule has 1 amide bonds. The van der Waals surface area contributed by atoms with Crippen LogP contribution in [0.25, 0.3) is 0 Å². The second-order valence-corrected chi connectivity index (χ2v) is 6.69. The number of ether oxygens (including phenoxy) is 1. The van der Waals surface area contributed by atoms with Gasteiger partial charge in [0.25, 0.3) is 5.91 Å². The molecule has 0 radical (unpaired) electrons. The maximum absolute atomic E-state index is 12.9. The summed E-state index contributed by atoms with van der Waals surface area (Å²) in [4.78, 5) is 12.0. The number of aliphatic hydroxyl groups excluding tert-OH is 1. The van der Waals surface area contributed by atoms with Crippen LogP contribution in [-0.2, 0) is 4.74 Å². The van der Waals surface area contributed by atoms with Crippen LogP contribution in [-0.4, -0.2) is 48.5 Å². The number of rotatable bonds is 5. The minimum atomic E-state index is -0.638. The van der Waals surface area contributed by atoms with E-state index in [2.05, 4.69) is 10.6 Å². The Hall–Kier alpha value is -1.50. The molecule has 1 aliphatic carbocycles. The number of hydrogen-bond acceptors (Lipinski definition) is 4. The average molecular weight is 336 g/mol. The van der Waals surface area contributed by atoms with E-state index in [0.29, 0.717) is 18.2 Å². The molecule has 0 bridgehead atoms. The van der Waals surface area contributed by atoms with Crippen LogP contribution in [0.5, 0.6) is 0 Å². The van der Waals surface area contributed by atoms with Gasteiger partial charge in [-0.2, -0.15) is 0 Å². The molecule has 1 aromatic rings. The third-order valence-electron chi connectivity index (χ3n) is 4.91. The average Bonchev–Trinajstić information content (AvgIpc) is 2.94. The zero-order chi connectivity index (χ0) is 16.9. The number of aliphatic hydroxyl groups is 1. The Morgan fingerprint density at radius 3 is 2.62 bits per heavy atom. The summed E-state index contributed by atoms with van der Waals surface area (Å²) < 4.78 is 18.5. The molecular formula is C18H25FN2O3. The van der Waals surface area contributed by atoms with Crippen LogP contribution in [0, 0.1) is 5.82 Å². The minimum Gasteiger partial charge on any atom is -0.389 e. The molecule has 2 fully saturated rings. The van der Waals surface area contributed by atoms with E-state index in [1.54, 1.807) is 0 Å². The van der Waals surface area contributed by atoms with Crippen LogP contribution < -0.4 is 10.6 Å². The maximum atomic E-state index is 12.9. The molecule has 132 valence electrons. The van der Waals surface area contributed by atoms with Gasteiger partial charge in [-0.3, -0.25) is 4.79 Å². The van der Waals surface area contributed by atoms with Crippen molar-refractivity contribution in [3.8, 4) is 0 Å². The molecule has 0 spiro atoms. The van der Waals surface area contributed by atoms with Gasteiger partial charge in [0.1, 0.15) is 11.9 Å². The fraction of sp³-hybridized carbons (Fsp3) is 0.611. The van der Waals surface area contributed by atoms with E-state index in [-0.39, 0.29) is 24.3 Å². The van der Waals surface area contributed by atoms with Gasteiger partial charge in [-0.25, -0.2) is 4.39 Å². The molecule has 5 nitrogen and oxygen atoms in total. The Kier molecular flexibility index (Phi) is 5.81. The van der Waals surface area contributed by atoms with E-state index in [9.17, 15) is 14.3 Å². The third kappa shape index (κ3) is 4.32. The Balaban J connectivity index is 1.45. The van der Waals surface area contributed by atoms with Crippen molar-refractivity contribution >= 4 is 5.91 Å². The maximum Gasteiger partial charge on any atom is 0.251 e. The molecule has 1 saturated heterocycles. The van der Waals surface area contributed by atoms with Crippen LogP contribution in [0.15, 0.2) is 24.3 Å². The quantitative estimate of drug-likeness (QED) is 0.764. The number of benzene rings is 1. The fourth-order valence-electron chi connectivity index (χ4n) is 3.48. The van der Waals surface area contributed by atoms with Crippen LogP contribution in [0.3, 0.4) is 0 Å². The molecule has 0 aromatic heterocycles. The number of carbonyl (C=O) groups is 1. The number of carbonyl (C=O) groups excluding carboxylic acids is 1. The molecule has 1 aromatic carbocycles. The molecule has 6 heteroatoms. The molecule has 1 aliphatic heterocycles. The van der Waals surface area contributed by atoms with Gasteiger partial charge in [0.2, 0.25) is 0 Å². The van der Waals surface area contributed by atoms with Gasteiger partial charge in [0, 0.05) is 18.2 Å². The predicted octanol–water partition coefficient (Wildman–Crippen LogP) is 1.61. The van der Waals surface area contributed by atoms with Gasteiger partial charge >= 0.3 is 0 Å². The first-order valence-electron chi connectivity index (χ1n) is 8.73. The van der Waals surface area contributed by atoms with E-state index < -0.39 is 12.2 Å². The highest BCUT2D eigenvalue weighted by Gasteiger charge is 2.37. The highest BCUT2D eigenvalue weighted by atomic mass is 19.1. The minimum absolute atomic E-state index is 0.0826. The van der Waals surface area contributed by atoms with E-state index >= 15 is 0 Å². The van der Waals surface area contributed by atoms with Crippen molar-refractivity contribution in [2.75, 3.05) is 13.2 Å². The van der Waals surface area contributed by atoms with Crippen molar-refractivity contribution in [3.05, 3.63) is 35.6 Å². The highest BCUT2D eigenvalue weighted by Crippen LogP contribution is 2.21. The van der Waals surface area contributed by atoms with Gasteiger partial charge in [0.15, 0.2) is 0 Å². The monoisotopic (exact) mass is 336 g/mol. The van der Waals surface area contributed by atoms with Crippen molar-refractivity contribution in [2.45, 2.75) is 56.4 Å². The third-order valence-corrected chi connectivity index (χ3v) is 4.91. The number of amides is 1. The van der Waals surface area contributed by atoms with Gasteiger partial charge in [-0.05, 0) is 37.1 Å². The van der Waals surface area contributed by atoms with E-state index in [4.69, 9.17) is 4.74 Å². The lowest BCUT2D eigenvalue weighted by Gasteiger charge is -2.27. The summed E-state index contributed by atoms with van der Waals surface area (Å²) in [5.41, 5.74) is 0.390. The first kappa shape index (κ1) is 17.3. The smallest absolute Gasteiger partial charge is 0.251 e. The van der Waals surface area contributed by atoms with Crippen LogP contribution in [0.2, 0.25) is 0 Å². The second-order valence-electron chi connectivity index (χ2n) is 6.69. The SMILES string of the molecule is O=C(NCC1OCC(NC2CCCCC2)C1O)c1ccc(F)cc1. The number of hydrogen-bond donors (Lipinski definition) is 3. The van der Waals surface area contributed by atoms with Crippen LogP contribution in [0.4, 0.5) is 4.39 Å². The standard InChI is InChI=1S/C18H25FN2O3/c19-13-8-6-12(7-9-13)18(23)20-10-16-17(22)15(11-24-16)21-14-4-2-1-3-5-14/h6-9,14-17,21-22H,1-5,10-11H2,(H,20,23). The molecule has 3 N–H and O–H groups in total. The van der Waals surface area contributed by atoms with Crippen molar-refractivity contribution in [1.29, 1.82) is 0 Å². The van der Waals surface area contributed by atoms with Crippen molar-refractivity contribution in [2.24, 2.45) is 0 Å². The predicted molar refractivity (Wildman–Crippen MR) is 88.3 cm³/mol. The molecule has 2 aliphatic rings. The van der Waals surface area contributed by atoms with E-state index in [0.717, 1.165) is 12.8 Å². The molecular weight excluding hydrogens is 311 g/mol. The molecule has 3 rings (SSSR count). The second kappa shape index (κ2) is 8.05. The molecule has 24 heavy (non-hydrogen) atoms. The summed E-state index contributed by atoms with van der Waals surface area (Å²) in [7, 11) is 0. The summed E-state index contributed by atoms with van der Waals surface area (Å²) in [6.07, 6.45) is 5.00. The van der Waals surface area contributed by atoms with Gasteiger partial charge in [0.05, 0.1) is 18.8 Å². The summed E-state index contributed by atoms with van der Waals surface area (Å²) in [6.45, 7) is 0.689. The Labute approximate surface area is 141 Å². The first-order valence-corrected chi connectivity index (χ1v) is 8.73. The largest absolute Gasteiger partial charge is 0.389 e. The first-order chi connectivity index (χ1) is 11.6. The molecule has 3 unspecified atom stereocenters. The summed E-state index contributed by atoms with van der Waals surface area (Å²) in [5.74, 6) is -0.674. The normalized spacial score (nSPS) is 28.0. The Bertz CT molecular complexity index is 546. The van der Waals surface area contributed by atoms with Crippen molar-refractivity contribution < 1.29 is 19.0 Å². The zero-order valence-corrected chi connectivity index (χ0v) is 13.7. The lowest BCUT2D eigenvalue weighted by atomic mass is 9.94. The van der Waals surface area contributed by atoms with E-state index in [1.807, 2.05) is 0 Å². The van der Waals surface area contributed by atoms with Gasteiger partial charge < -0.3 is 20.5 Å². The van der Waals surface area contributed by atoms with Crippen LogP contribution >= 0.6 is 0 Å². The van der Waals surface area contributed by atoms with Crippen molar-refractivity contribution in [3.63, 3.8) is 0 Å². The van der Waals surface area contributed by atoms with E-state index in [1.165, 1.54) is 43.5 Å². The number of nitrogens with one attached hydrogen (secondary N) is 2. The highest BCUT2D eigenvalue weighted by molar-refractivity contribution is 5.94. The molecule has 1 saturated carbocycles. The summed E-state index contributed by atoms with van der Waals surface area (Å²) >= 11 is 0. The van der Waals surface area contributed by atoms with Gasteiger partial charge in [-0.1, -0.05) is 19.3 Å². The lowest BCUT2D eigenvalue weighted by Crippen LogP contribution is -2.48. The Morgan fingerprint density at radius 1 is 1.21 bits per heavy atom.